The van der Waals surface area contributed by atoms with Crippen molar-refractivity contribution in [1.29, 1.82) is 0 Å². The lowest BCUT2D eigenvalue weighted by Crippen LogP contribution is -2.56. The molecule has 0 aromatic heterocycles. The highest BCUT2D eigenvalue weighted by molar-refractivity contribution is 4.93. The normalized spacial score (nSPS) is 13.5. The van der Waals surface area contributed by atoms with E-state index in [1.165, 1.54) is 25.7 Å². The fourth-order valence-electron chi connectivity index (χ4n) is 3.61. The monoisotopic (exact) mass is 371 g/mol. The minimum absolute atomic E-state index is 0.135. The summed E-state index contributed by atoms with van der Waals surface area (Å²) in [7, 11) is 0. The van der Waals surface area contributed by atoms with E-state index in [-0.39, 0.29) is 6.04 Å². The van der Waals surface area contributed by atoms with E-state index in [1.54, 1.807) is 0 Å². The van der Waals surface area contributed by atoms with Crippen molar-refractivity contribution in [2.45, 2.75) is 123 Å². The maximum absolute atomic E-state index is 11.7. The fourth-order valence-corrected chi connectivity index (χ4v) is 3.61. The first-order valence-corrected chi connectivity index (χ1v) is 11.6. The van der Waals surface area contributed by atoms with Gasteiger partial charge in [0.2, 0.25) is 0 Å². The molecule has 0 aliphatic rings. The van der Waals surface area contributed by atoms with Gasteiger partial charge in [-0.2, -0.15) is 0 Å². The molecular weight excluding hydrogens is 322 g/mol. The van der Waals surface area contributed by atoms with Crippen molar-refractivity contribution in [2.24, 2.45) is 0 Å². The van der Waals surface area contributed by atoms with Gasteiger partial charge in [-0.3, -0.25) is 4.90 Å². The number of nitrogens with zero attached hydrogens (tertiary/aromatic N) is 1. The Bertz CT molecular complexity index is 280. The van der Waals surface area contributed by atoms with Crippen LogP contribution in [0, 0.1) is 0 Å². The summed E-state index contributed by atoms with van der Waals surface area (Å²) < 4.78 is 6.08. The van der Waals surface area contributed by atoms with Gasteiger partial charge in [0.05, 0.1) is 18.2 Å². The van der Waals surface area contributed by atoms with Crippen LogP contribution in [-0.4, -0.2) is 48.0 Å². The average Bonchev–Trinajstić information content (AvgIpc) is 2.65. The van der Waals surface area contributed by atoms with E-state index in [0.29, 0.717) is 6.61 Å². The molecule has 0 aromatic rings. The van der Waals surface area contributed by atoms with E-state index in [9.17, 15) is 5.11 Å². The molecule has 1 N–H and O–H groups in total. The summed E-state index contributed by atoms with van der Waals surface area (Å²) >= 11 is 0. The lowest BCUT2D eigenvalue weighted by Gasteiger charge is -2.43. The molecule has 0 unspecified atom stereocenters. The van der Waals surface area contributed by atoms with Crippen LogP contribution in [0.4, 0.5) is 0 Å². The topological polar surface area (TPSA) is 32.7 Å². The molecule has 26 heavy (non-hydrogen) atoms. The van der Waals surface area contributed by atoms with Crippen molar-refractivity contribution < 1.29 is 9.84 Å². The standard InChI is InChI=1S/C23H49NO2/c1-6-11-16-23(25,17-12-7-2)22(21-26-20-15-10-5)24(18-13-8-3)19-14-9-4/h22,25H,6-21H2,1-5H3/t22-/m0/s1. The maximum atomic E-state index is 11.7. The highest BCUT2D eigenvalue weighted by Crippen LogP contribution is 2.30. The quantitative estimate of drug-likeness (QED) is 0.275. The average molecular weight is 372 g/mol. The predicted molar refractivity (Wildman–Crippen MR) is 115 cm³/mol. The summed E-state index contributed by atoms with van der Waals surface area (Å²) in [4.78, 5) is 2.56. The van der Waals surface area contributed by atoms with Crippen LogP contribution in [0.15, 0.2) is 0 Å². The van der Waals surface area contributed by atoms with E-state index in [2.05, 4.69) is 39.5 Å². The van der Waals surface area contributed by atoms with Crippen LogP contribution >= 0.6 is 0 Å². The molecule has 3 nitrogen and oxygen atoms in total. The van der Waals surface area contributed by atoms with Crippen molar-refractivity contribution in [1.82, 2.24) is 4.90 Å². The number of hydrogen-bond acceptors (Lipinski definition) is 3. The third-order valence-corrected chi connectivity index (χ3v) is 5.50. The van der Waals surface area contributed by atoms with Gasteiger partial charge in [-0.05, 0) is 45.2 Å². The summed E-state index contributed by atoms with van der Waals surface area (Å²) in [5.74, 6) is 0. The third kappa shape index (κ3) is 10.9. The Morgan fingerprint density at radius 1 is 0.731 bits per heavy atom. The van der Waals surface area contributed by atoms with Crippen LogP contribution in [0.5, 0.6) is 0 Å². The molecule has 3 heteroatoms. The molecule has 0 fully saturated rings. The van der Waals surface area contributed by atoms with Crippen molar-refractivity contribution >= 4 is 0 Å². The Balaban J connectivity index is 5.32. The summed E-state index contributed by atoms with van der Waals surface area (Å²) in [6.45, 7) is 14.8. The lowest BCUT2D eigenvalue weighted by molar-refractivity contribution is -0.0925. The Labute approximate surface area is 164 Å². The van der Waals surface area contributed by atoms with Gasteiger partial charge in [-0.1, -0.05) is 79.6 Å². The molecule has 0 amide bonds. The van der Waals surface area contributed by atoms with Gasteiger partial charge in [0.1, 0.15) is 0 Å². The van der Waals surface area contributed by atoms with Gasteiger partial charge in [0.15, 0.2) is 0 Å². The molecule has 158 valence electrons. The van der Waals surface area contributed by atoms with Crippen molar-refractivity contribution in [3.05, 3.63) is 0 Å². The van der Waals surface area contributed by atoms with E-state index in [0.717, 1.165) is 71.1 Å². The molecule has 0 heterocycles. The maximum Gasteiger partial charge on any atom is 0.0824 e. The fraction of sp³-hybridized carbons (Fsp3) is 1.00. The van der Waals surface area contributed by atoms with Gasteiger partial charge in [0.25, 0.3) is 0 Å². The number of hydrogen-bond donors (Lipinski definition) is 1. The van der Waals surface area contributed by atoms with E-state index < -0.39 is 5.60 Å². The zero-order chi connectivity index (χ0) is 19.7. The number of ether oxygens (including phenoxy) is 1. The van der Waals surface area contributed by atoms with Gasteiger partial charge in [0, 0.05) is 6.61 Å². The molecule has 0 saturated carbocycles. The van der Waals surface area contributed by atoms with Gasteiger partial charge in [-0.15, -0.1) is 0 Å². The van der Waals surface area contributed by atoms with E-state index in [1.807, 2.05) is 0 Å². The first-order valence-electron chi connectivity index (χ1n) is 11.6. The molecule has 1 atom stereocenters. The number of rotatable bonds is 19. The molecule has 0 rings (SSSR count). The van der Waals surface area contributed by atoms with Gasteiger partial charge >= 0.3 is 0 Å². The van der Waals surface area contributed by atoms with Crippen LogP contribution in [0.25, 0.3) is 0 Å². The van der Waals surface area contributed by atoms with E-state index in [4.69, 9.17) is 4.74 Å². The first-order chi connectivity index (χ1) is 12.6. The summed E-state index contributed by atoms with van der Waals surface area (Å²) in [5.41, 5.74) is -0.611. The van der Waals surface area contributed by atoms with Crippen LogP contribution in [0.2, 0.25) is 0 Å². The molecular formula is C23H49NO2. The highest BCUT2D eigenvalue weighted by atomic mass is 16.5. The first kappa shape index (κ1) is 25.9. The number of aliphatic hydroxyl groups is 1. The molecule has 0 saturated heterocycles. The molecule has 0 bridgehead atoms. The molecule has 0 aliphatic heterocycles. The van der Waals surface area contributed by atoms with Gasteiger partial charge < -0.3 is 9.84 Å². The SMILES string of the molecule is CCCCOC[C@H](N(CCCC)CCCC)C(O)(CCCC)CCCC. The number of unbranched alkanes of at least 4 members (excludes halogenated alkanes) is 5. The van der Waals surface area contributed by atoms with Crippen molar-refractivity contribution in [3.63, 3.8) is 0 Å². The molecule has 0 aliphatic carbocycles. The Morgan fingerprint density at radius 2 is 1.19 bits per heavy atom. The van der Waals surface area contributed by atoms with Crippen LogP contribution in [0.3, 0.4) is 0 Å². The molecule has 0 radical (unpaired) electrons. The zero-order valence-electron chi connectivity index (χ0n) is 18.7. The summed E-state index contributed by atoms with van der Waals surface area (Å²) in [6, 6.07) is 0.135. The summed E-state index contributed by atoms with van der Waals surface area (Å²) in [6.07, 6.45) is 13.4. The Hall–Kier alpha value is -0.120. The molecule has 0 spiro atoms. The largest absolute Gasteiger partial charge is 0.388 e. The molecule has 0 aromatic carbocycles. The second kappa shape index (κ2) is 17.0. The Kier molecular flexibility index (Phi) is 16.9. The lowest BCUT2D eigenvalue weighted by atomic mass is 9.83. The minimum atomic E-state index is -0.611. The second-order valence-electron chi connectivity index (χ2n) is 8.00. The minimum Gasteiger partial charge on any atom is -0.388 e. The zero-order valence-corrected chi connectivity index (χ0v) is 18.7. The van der Waals surface area contributed by atoms with Crippen LogP contribution in [0.1, 0.15) is 112 Å². The highest BCUT2D eigenvalue weighted by Gasteiger charge is 2.39. The smallest absolute Gasteiger partial charge is 0.0824 e. The summed E-state index contributed by atoms with van der Waals surface area (Å²) in [5, 5.41) is 11.7. The third-order valence-electron chi connectivity index (χ3n) is 5.50. The van der Waals surface area contributed by atoms with Crippen LogP contribution in [-0.2, 0) is 4.74 Å². The second-order valence-corrected chi connectivity index (χ2v) is 8.00. The van der Waals surface area contributed by atoms with Gasteiger partial charge in [-0.25, -0.2) is 0 Å². The van der Waals surface area contributed by atoms with Crippen molar-refractivity contribution in [2.75, 3.05) is 26.3 Å². The van der Waals surface area contributed by atoms with Crippen LogP contribution < -0.4 is 0 Å². The van der Waals surface area contributed by atoms with E-state index >= 15 is 0 Å². The predicted octanol–water partition coefficient (Wildman–Crippen LogP) is 6.19. The van der Waals surface area contributed by atoms with Crippen molar-refractivity contribution in [3.8, 4) is 0 Å². The Morgan fingerprint density at radius 3 is 1.62 bits per heavy atom.